The molecule has 0 aromatic heterocycles. The summed E-state index contributed by atoms with van der Waals surface area (Å²) >= 11 is 0. The molecule has 0 aromatic rings. The van der Waals surface area contributed by atoms with E-state index < -0.39 is 0 Å². The van der Waals surface area contributed by atoms with Gasteiger partial charge in [0.1, 0.15) is 0 Å². The first-order chi connectivity index (χ1) is 5.75. The molecule has 0 aliphatic heterocycles. The smallest absolute Gasteiger partial charge is 0.0326 e. The molecular weight excluding hydrogens is 144 g/mol. The van der Waals surface area contributed by atoms with E-state index in [0.717, 1.165) is 29.6 Å². The van der Waals surface area contributed by atoms with E-state index in [0.29, 0.717) is 0 Å². The van der Waals surface area contributed by atoms with E-state index in [1.54, 1.807) is 0 Å². The van der Waals surface area contributed by atoms with Crippen LogP contribution >= 0.6 is 0 Å². The van der Waals surface area contributed by atoms with Crippen molar-refractivity contribution >= 4 is 0 Å². The maximum Gasteiger partial charge on any atom is -0.0326 e. The van der Waals surface area contributed by atoms with Crippen molar-refractivity contribution < 1.29 is 0 Å². The SMILES string of the molecule is CCCCC1C(C)C2CC(C)C12. The fraction of sp³-hybridized carbons (Fsp3) is 1.00. The summed E-state index contributed by atoms with van der Waals surface area (Å²) in [6, 6.07) is 0. The second kappa shape index (κ2) is 3.05. The van der Waals surface area contributed by atoms with Gasteiger partial charge >= 0.3 is 0 Å². The molecule has 0 spiro atoms. The molecule has 0 heterocycles. The molecule has 5 unspecified atom stereocenters. The van der Waals surface area contributed by atoms with Crippen molar-refractivity contribution in [2.24, 2.45) is 29.6 Å². The Morgan fingerprint density at radius 2 is 2.00 bits per heavy atom. The van der Waals surface area contributed by atoms with Crippen molar-refractivity contribution in [3.8, 4) is 0 Å². The van der Waals surface area contributed by atoms with E-state index in [9.17, 15) is 0 Å². The number of unbranched alkanes of at least 4 members (excludes halogenated alkanes) is 1. The summed E-state index contributed by atoms with van der Waals surface area (Å²) in [5, 5.41) is 0. The highest BCUT2D eigenvalue weighted by Crippen LogP contribution is 2.62. The van der Waals surface area contributed by atoms with Crippen LogP contribution in [0.2, 0.25) is 0 Å². The van der Waals surface area contributed by atoms with E-state index in [1.165, 1.54) is 25.7 Å². The zero-order valence-electron chi connectivity index (χ0n) is 8.72. The molecular formula is C12H22. The Kier molecular flexibility index (Phi) is 2.18. The van der Waals surface area contributed by atoms with Gasteiger partial charge < -0.3 is 0 Å². The third kappa shape index (κ3) is 1.03. The number of rotatable bonds is 3. The summed E-state index contributed by atoms with van der Waals surface area (Å²) in [6.07, 6.45) is 5.90. The molecule has 70 valence electrons. The minimum atomic E-state index is 1.06. The van der Waals surface area contributed by atoms with Gasteiger partial charge in [-0.15, -0.1) is 0 Å². The van der Waals surface area contributed by atoms with Crippen LogP contribution in [-0.4, -0.2) is 0 Å². The first kappa shape index (κ1) is 8.59. The van der Waals surface area contributed by atoms with Crippen molar-refractivity contribution in [1.82, 2.24) is 0 Å². The molecule has 2 aliphatic rings. The average Bonchev–Trinajstić information content (AvgIpc) is 2.06. The molecule has 0 nitrogen and oxygen atoms in total. The highest BCUT2D eigenvalue weighted by atomic mass is 14.6. The summed E-state index contributed by atoms with van der Waals surface area (Å²) in [4.78, 5) is 0. The predicted octanol–water partition coefficient (Wildman–Crippen LogP) is 3.71. The van der Waals surface area contributed by atoms with Crippen LogP contribution in [0, 0.1) is 29.6 Å². The van der Waals surface area contributed by atoms with Gasteiger partial charge in [-0.3, -0.25) is 0 Å². The van der Waals surface area contributed by atoms with Crippen LogP contribution in [0.15, 0.2) is 0 Å². The predicted molar refractivity (Wildman–Crippen MR) is 52.9 cm³/mol. The molecule has 0 radical (unpaired) electrons. The van der Waals surface area contributed by atoms with Gasteiger partial charge in [0.2, 0.25) is 0 Å². The van der Waals surface area contributed by atoms with Gasteiger partial charge in [-0.1, -0.05) is 33.6 Å². The topological polar surface area (TPSA) is 0 Å². The lowest BCUT2D eigenvalue weighted by atomic mass is 9.43. The molecule has 2 aliphatic carbocycles. The molecule has 0 saturated heterocycles. The van der Waals surface area contributed by atoms with Crippen LogP contribution in [0.3, 0.4) is 0 Å². The Balaban J connectivity index is 1.82. The lowest BCUT2D eigenvalue weighted by molar-refractivity contribution is -0.141. The Labute approximate surface area is 76.7 Å². The lowest BCUT2D eigenvalue weighted by Crippen LogP contribution is -2.56. The molecule has 0 bridgehead atoms. The maximum absolute atomic E-state index is 2.48. The van der Waals surface area contributed by atoms with Crippen molar-refractivity contribution in [2.45, 2.75) is 46.5 Å². The summed E-state index contributed by atoms with van der Waals surface area (Å²) in [6.45, 7) is 7.24. The Morgan fingerprint density at radius 1 is 1.25 bits per heavy atom. The van der Waals surface area contributed by atoms with Crippen LogP contribution in [-0.2, 0) is 0 Å². The highest BCUT2D eigenvalue weighted by molar-refractivity contribution is 5.04. The second-order valence-corrected chi connectivity index (χ2v) is 5.12. The van der Waals surface area contributed by atoms with Crippen LogP contribution in [0.5, 0.6) is 0 Å². The van der Waals surface area contributed by atoms with E-state index in [4.69, 9.17) is 0 Å². The van der Waals surface area contributed by atoms with Gasteiger partial charge in [-0.2, -0.15) is 0 Å². The summed E-state index contributed by atoms with van der Waals surface area (Å²) < 4.78 is 0. The first-order valence-corrected chi connectivity index (χ1v) is 5.75. The molecule has 0 heteroatoms. The molecule has 0 N–H and O–H groups in total. The first-order valence-electron chi connectivity index (χ1n) is 5.75. The molecule has 0 aromatic carbocycles. The Hall–Kier alpha value is 0. The third-order valence-electron chi connectivity index (χ3n) is 4.53. The minimum absolute atomic E-state index is 1.06. The highest BCUT2D eigenvalue weighted by Gasteiger charge is 2.55. The lowest BCUT2D eigenvalue weighted by Gasteiger charge is -2.62. The fourth-order valence-corrected chi connectivity index (χ4v) is 3.69. The number of hydrogen-bond donors (Lipinski definition) is 0. The number of hydrogen-bond acceptors (Lipinski definition) is 0. The summed E-state index contributed by atoms with van der Waals surface area (Å²) in [7, 11) is 0. The van der Waals surface area contributed by atoms with Gasteiger partial charge in [-0.25, -0.2) is 0 Å². The van der Waals surface area contributed by atoms with Crippen LogP contribution in [0.1, 0.15) is 46.5 Å². The molecule has 0 amide bonds. The van der Waals surface area contributed by atoms with Gasteiger partial charge in [-0.05, 0) is 42.4 Å². The largest absolute Gasteiger partial charge is 0.0654 e. The zero-order valence-corrected chi connectivity index (χ0v) is 8.72. The van der Waals surface area contributed by atoms with Gasteiger partial charge in [0, 0.05) is 0 Å². The van der Waals surface area contributed by atoms with Crippen LogP contribution in [0.4, 0.5) is 0 Å². The Morgan fingerprint density at radius 3 is 2.58 bits per heavy atom. The molecule has 5 atom stereocenters. The monoisotopic (exact) mass is 166 g/mol. The van der Waals surface area contributed by atoms with Crippen molar-refractivity contribution in [3.05, 3.63) is 0 Å². The van der Waals surface area contributed by atoms with Gasteiger partial charge in [0.25, 0.3) is 0 Å². The summed E-state index contributed by atoms with van der Waals surface area (Å²) in [5.41, 5.74) is 0. The van der Waals surface area contributed by atoms with E-state index in [2.05, 4.69) is 20.8 Å². The summed E-state index contributed by atoms with van der Waals surface area (Å²) in [5.74, 6) is 5.53. The van der Waals surface area contributed by atoms with Crippen LogP contribution < -0.4 is 0 Å². The maximum atomic E-state index is 2.48. The molecule has 12 heavy (non-hydrogen) atoms. The van der Waals surface area contributed by atoms with Crippen molar-refractivity contribution in [3.63, 3.8) is 0 Å². The van der Waals surface area contributed by atoms with Crippen molar-refractivity contribution in [1.29, 1.82) is 0 Å². The third-order valence-corrected chi connectivity index (χ3v) is 4.53. The minimum Gasteiger partial charge on any atom is -0.0654 e. The zero-order chi connectivity index (χ0) is 8.72. The quantitative estimate of drug-likeness (QED) is 0.599. The van der Waals surface area contributed by atoms with E-state index >= 15 is 0 Å². The average molecular weight is 166 g/mol. The second-order valence-electron chi connectivity index (χ2n) is 5.12. The Bertz CT molecular complexity index is 161. The van der Waals surface area contributed by atoms with Crippen molar-refractivity contribution in [2.75, 3.05) is 0 Å². The normalized spacial score (nSPS) is 50.8. The standard InChI is InChI=1S/C12H22/c1-4-5-6-10-9(3)11-7-8(2)12(10)11/h8-12H,4-7H2,1-3H3. The van der Waals surface area contributed by atoms with E-state index in [-0.39, 0.29) is 0 Å². The van der Waals surface area contributed by atoms with Gasteiger partial charge in [0.05, 0.1) is 0 Å². The van der Waals surface area contributed by atoms with E-state index in [1.807, 2.05) is 0 Å². The molecule has 2 rings (SSSR count). The molecule has 2 saturated carbocycles. The van der Waals surface area contributed by atoms with Gasteiger partial charge in [0.15, 0.2) is 0 Å². The number of fused-ring (bicyclic) bond motifs is 1. The fourth-order valence-electron chi connectivity index (χ4n) is 3.69. The van der Waals surface area contributed by atoms with Crippen LogP contribution in [0.25, 0.3) is 0 Å². The molecule has 2 fully saturated rings.